The summed E-state index contributed by atoms with van der Waals surface area (Å²) in [6.07, 6.45) is 3.40. The molecule has 0 aliphatic rings. The highest BCUT2D eigenvalue weighted by atomic mass is 35.5. The van der Waals surface area contributed by atoms with Gasteiger partial charge in [-0.1, -0.05) is 11.6 Å². The third-order valence-corrected chi connectivity index (χ3v) is 2.55. The molecule has 0 aliphatic carbocycles. The SMILES string of the molecule is CCn1ncc(-c2[nH]ncc2Cl)c1C. The topological polar surface area (TPSA) is 46.5 Å². The lowest BCUT2D eigenvalue weighted by Gasteiger charge is -2.00. The van der Waals surface area contributed by atoms with Crippen LogP contribution in [0, 0.1) is 6.92 Å². The van der Waals surface area contributed by atoms with E-state index < -0.39 is 0 Å². The first-order chi connectivity index (χ1) is 6.74. The quantitative estimate of drug-likeness (QED) is 0.827. The number of aromatic amines is 1. The van der Waals surface area contributed by atoms with Crippen molar-refractivity contribution in [3.63, 3.8) is 0 Å². The molecule has 0 aliphatic heterocycles. The Labute approximate surface area is 86.9 Å². The molecule has 0 radical (unpaired) electrons. The Morgan fingerprint density at radius 2 is 2.29 bits per heavy atom. The van der Waals surface area contributed by atoms with Crippen LogP contribution in [0.5, 0.6) is 0 Å². The van der Waals surface area contributed by atoms with Crippen molar-refractivity contribution in [2.45, 2.75) is 20.4 Å². The summed E-state index contributed by atoms with van der Waals surface area (Å²) in [6.45, 7) is 4.93. The first-order valence-electron chi connectivity index (χ1n) is 4.45. The fraction of sp³-hybridized carbons (Fsp3) is 0.333. The van der Waals surface area contributed by atoms with Gasteiger partial charge in [0.2, 0.25) is 0 Å². The summed E-state index contributed by atoms with van der Waals surface area (Å²) in [5, 5.41) is 11.6. The number of hydrogen-bond acceptors (Lipinski definition) is 2. The van der Waals surface area contributed by atoms with Crippen molar-refractivity contribution in [3.8, 4) is 11.3 Å². The number of rotatable bonds is 2. The molecular weight excluding hydrogens is 200 g/mol. The second kappa shape index (κ2) is 3.46. The Hall–Kier alpha value is -1.29. The number of H-pyrrole nitrogens is 1. The second-order valence-electron chi connectivity index (χ2n) is 3.05. The minimum Gasteiger partial charge on any atom is -0.276 e. The zero-order chi connectivity index (χ0) is 10.1. The standard InChI is InChI=1S/C9H11ClN4/c1-3-14-6(2)7(4-12-14)9-8(10)5-11-13-9/h4-5H,3H2,1-2H3,(H,11,13). The average molecular weight is 211 g/mol. The van der Waals surface area contributed by atoms with Crippen molar-refractivity contribution in [1.29, 1.82) is 0 Å². The minimum atomic E-state index is 0.628. The van der Waals surface area contributed by atoms with E-state index in [1.807, 2.05) is 11.6 Å². The van der Waals surface area contributed by atoms with E-state index in [0.717, 1.165) is 23.5 Å². The smallest absolute Gasteiger partial charge is 0.0871 e. The fourth-order valence-corrected chi connectivity index (χ4v) is 1.66. The summed E-state index contributed by atoms with van der Waals surface area (Å²) < 4.78 is 1.92. The van der Waals surface area contributed by atoms with Gasteiger partial charge in [-0.05, 0) is 13.8 Å². The summed E-state index contributed by atoms with van der Waals surface area (Å²) in [5.41, 5.74) is 2.94. The lowest BCUT2D eigenvalue weighted by Crippen LogP contribution is -1.98. The molecule has 2 aromatic rings. The predicted octanol–water partition coefficient (Wildman–Crippen LogP) is 2.25. The molecule has 4 nitrogen and oxygen atoms in total. The minimum absolute atomic E-state index is 0.628. The zero-order valence-electron chi connectivity index (χ0n) is 8.08. The molecule has 0 unspecified atom stereocenters. The molecule has 2 heterocycles. The van der Waals surface area contributed by atoms with Gasteiger partial charge < -0.3 is 0 Å². The van der Waals surface area contributed by atoms with Crippen LogP contribution in [0.1, 0.15) is 12.6 Å². The van der Waals surface area contributed by atoms with Crippen molar-refractivity contribution >= 4 is 11.6 Å². The van der Waals surface area contributed by atoms with Gasteiger partial charge in [-0.25, -0.2) is 0 Å². The predicted molar refractivity (Wildman–Crippen MR) is 55.2 cm³/mol. The van der Waals surface area contributed by atoms with Crippen LogP contribution < -0.4 is 0 Å². The zero-order valence-corrected chi connectivity index (χ0v) is 8.84. The lowest BCUT2D eigenvalue weighted by molar-refractivity contribution is 0.640. The Morgan fingerprint density at radius 3 is 2.79 bits per heavy atom. The second-order valence-corrected chi connectivity index (χ2v) is 3.46. The number of hydrogen-bond donors (Lipinski definition) is 1. The monoisotopic (exact) mass is 210 g/mol. The van der Waals surface area contributed by atoms with Crippen molar-refractivity contribution in [3.05, 3.63) is 23.1 Å². The molecule has 0 fully saturated rings. The van der Waals surface area contributed by atoms with Gasteiger partial charge in [-0.2, -0.15) is 10.2 Å². The fourth-order valence-electron chi connectivity index (χ4n) is 1.47. The highest BCUT2D eigenvalue weighted by Gasteiger charge is 2.11. The average Bonchev–Trinajstić information content (AvgIpc) is 2.72. The summed E-state index contributed by atoms with van der Waals surface area (Å²) in [5.74, 6) is 0. The molecule has 2 rings (SSSR count). The maximum atomic E-state index is 5.97. The molecular formula is C9H11ClN4. The normalized spacial score (nSPS) is 10.8. The summed E-state index contributed by atoms with van der Waals surface area (Å²) >= 11 is 5.97. The molecule has 74 valence electrons. The Morgan fingerprint density at radius 1 is 1.50 bits per heavy atom. The molecule has 0 amide bonds. The van der Waals surface area contributed by atoms with Gasteiger partial charge >= 0.3 is 0 Å². The van der Waals surface area contributed by atoms with Crippen LogP contribution in [-0.2, 0) is 6.54 Å². The molecule has 0 spiro atoms. The van der Waals surface area contributed by atoms with E-state index in [-0.39, 0.29) is 0 Å². The van der Waals surface area contributed by atoms with Crippen LogP contribution in [0.4, 0.5) is 0 Å². The number of nitrogens with one attached hydrogen (secondary N) is 1. The Balaban J connectivity index is 2.52. The van der Waals surface area contributed by atoms with Gasteiger partial charge in [0.1, 0.15) is 0 Å². The van der Waals surface area contributed by atoms with Gasteiger partial charge in [0.05, 0.1) is 23.1 Å². The van der Waals surface area contributed by atoms with Gasteiger partial charge in [0.15, 0.2) is 0 Å². The molecule has 5 heteroatoms. The van der Waals surface area contributed by atoms with E-state index in [9.17, 15) is 0 Å². The van der Waals surface area contributed by atoms with E-state index in [1.165, 1.54) is 0 Å². The van der Waals surface area contributed by atoms with Crippen LogP contribution in [-0.4, -0.2) is 20.0 Å². The van der Waals surface area contributed by atoms with E-state index in [1.54, 1.807) is 12.4 Å². The summed E-state index contributed by atoms with van der Waals surface area (Å²) in [6, 6.07) is 0. The third kappa shape index (κ3) is 1.32. The highest BCUT2D eigenvalue weighted by Crippen LogP contribution is 2.27. The molecule has 14 heavy (non-hydrogen) atoms. The first kappa shape index (κ1) is 9.27. The molecule has 0 saturated heterocycles. The molecule has 2 aromatic heterocycles. The van der Waals surface area contributed by atoms with Crippen LogP contribution in [0.2, 0.25) is 5.02 Å². The van der Waals surface area contributed by atoms with Gasteiger partial charge in [0, 0.05) is 17.8 Å². The van der Waals surface area contributed by atoms with Crippen LogP contribution in [0.25, 0.3) is 11.3 Å². The van der Waals surface area contributed by atoms with Crippen molar-refractivity contribution < 1.29 is 0 Å². The maximum absolute atomic E-state index is 5.97. The number of halogens is 1. The molecule has 1 N–H and O–H groups in total. The molecule has 0 saturated carbocycles. The highest BCUT2D eigenvalue weighted by molar-refractivity contribution is 6.32. The molecule has 0 aromatic carbocycles. The van der Waals surface area contributed by atoms with Crippen molar-refractivity contribution in [2.24, 2.45) is 0 Å². The number of nitrogens with zero attached hydrogens (tertiary/aromatic N) is 3. The van der Waals surface area contributed by atoms with E-state index in [2.05, 4.69) is 22.2 Å². The van der Waals surface area contributed by atoms with Crippen molar-refractivity contribution in [2.75, 3.05) is 0 Å². The molecule has 0 atom stereocenters. The van der Waals surface area contributed by atoms with Crippen LogP contribution in [0.15, 0.2) is 12.4 Å². The largest absolute Gasteiger partial charge is 0.276 e. The van der Waals surface area contributed by atoms with Gasteiger partial charge in [-0.15, -0.1) is 0 Å². The maximum Gasteiger partial charge on any atom is 0.0871 e. The Kier molecular flexibility index (Phi) is 2.29. The van der Waals surface area contributed by atoms with Crippen molar-refractivity contribution in [1.82, 2.24) is 20.0 Å². The van der Waals surface area contributed by atoms with Gasteiger partial charge in [0.25, 0.3) is 0 Å². The summed E-state index contributed by atoms with van der Waals surface area (Å²) in [4.78, 5) is 0. The molecule has 0 bridgehead atoms. The number of aromatic nitrogens is 4. The van der Waals surface area contributed by atoms with Gasteiger partial charge in [-0.3, -0.25) is 9.78 Å². The third-order valence-electron chi connectivity index (χ3n) is 2.27. The number of aryl methyl sites for hydroxylation is 1. The Bertz CT molecular complexity index is 443. The first-order valence-corrected chi connectivity index (χ1v) is 4.83. The van der Waals surface area contributed by atoms with E-state index in [4.69, 9.17) is 11.6 Å². The van der Waals surface area contributed by atoms with Crippen LogP contribution >= 0.6 is 11.6 Å². The van der Waals surface area contributed by atoms with E-state index >= 15 is 0 Å². The summed E-state index contributed by atoms with van der Waals surface area (Å²) in [7, 11) is 0. The van der Waals surface area contributed by atoms with E-state index in [0.29, 0.717) is 5.02 Å². The lowest BCUT2D eigenvalue weighted by atomic mass is 10.2. The van der Waals surface area contributed by atoms with Crippen LogP contribution in [0.3, 0.4) is 0 Å².